The number of carbonyl (C=O) groups is 1. The van der Waals surface area contributed by atoms with E-state index in [1.54, 1.807) is 12.1 Å². The molecule has 0 radical (unpaired) electrons. The van der Waals surface area contributed by atoms with Gasteiger partial charge in [0, 0.05) is 16.9 Å². The highest BCUT2D eigenvalue weighted by atomic mass is 32.2. The zero-order valence-electron chi connectivity index (χ0n) is 15.3. The first-order valence-electron chi connectivity index (χ1n) is 8.19. The monoisotopic (exact) mass is 360 g/mol. The van der Waals surface area contributed by atoms with Gasteiger partial charge in [-0.05, 0) is 53.9 Å². The molecule has 0 aromatic heterocycles. The lowest BCUT2D eigenvalue weighted by Gasteiger charge is -2.41. The molecule has 1 aliphatic rings. The van der Waals surface area contributed by atoms with E-state index in [2.05, 4.69) is 38.9 Å². The molecule has 1 aliphatic carbocycles. The fourth-order valence-corrected chi connectivity index (χ4v) is 4.10. The summed E-state index contributed by atoms with van der Waals surface area (Å²) < 4.78 is 25.1. The second-order valence-corrected chi connectivity index (χ2v) is 9.55. The van der Waals surface area contributed by atoms with Gasteiger partial charge < -0.3 is 5.11 Å². The minimum atomic E-state index is -3.81. The summed E-state index contributed by atoms with van der Waals surface area (Å²) in [6.45, 7) is 10.1. The van der Waals surface area contributed by atoms with Crippen LogP contribution >= 0.6 is 0 Å². The molecule has 0 saturated carbocycles. The van der Waals surface area contributed by atoms with Crippen molar-refractivity contribution in [1.82, 2.24) is 0 Å². The Labute approximate surface area is 149 Å². The molecule has 1 aromatic carbocycles. The Hall–Kier alpha value is -2.06. The second kappa shape index (κ2) is 6.34. The highest BCUT2D eigenvalue weighted by Gasteiger charge is 2.37. The van der Waals surface area contributed by atoms with Gasteiger partial charge in [0.2, 0.25) is 9.84 Å². The average molecular weight is 360 g/mol. The summed E-state index contributed by atoms with van der Waals surface area (Å²) in [7, 11) is -3.81. The maximum absolute atomic E-state index is 12.5. The van der Waals surface area contributed by atoms with Gasteiger partial charge in [-0.2, -0.15) is 0 Å². The van der Waals surface area contributed by atoms with Crippen molar-refractivity contribution in [2.45, 2.75) is 63.2 Å². The number of sulfone groups is 1. The summed E-state index contributed by atoms with van der Waals surface area (Å²) in [5, 5.41) is 10.9. The fraction of sp³-hybridized carbons (Fsp3) is 0.450. The molecule has 5 heteroatoms. The molecule has 0 amide bonds. The quantitative estimate of drug-likeness (QED) is 0.495. The predicted molar refractivity (Wildman–Crippen MR) is 98.1 cm³/mol. The van der Waals surface area contributed by atoms with Crippen molar-refractivity contribution >= 4 is 15.8 Å². The molecular weight excluding hydrogens is 336 g/mol. The Morgan fingerprint density at radius 2 is 1.68 bits per heavy atom. The van der Waals surface area contributed by atoms with Crippen LogP contribution in [0.3, 0.4) is 0 Å². The standard InChI is InChI=1S/C20H24O4S/c1-14(12-18(21)22)8-11-25(23,24)15-6-7-16-17(13-15)20(4,5)10-9-19(16,2)3/h6-7,12-13H,9-10H2,1-5H3,(H,21,22)/b14-12+. The van der Waals surface area contributed by atoms with Gasteiger partial charge in [0.1, 0.15) is 0 Å². The molecule has 25 heavy (non-hydrogen) atoms. The Kier molecular flexibility index (Phi) is 4.89. The van der Waals surface area contributed by atoms with Gasteiger partial charge in [-0.1, -0.05) is 39.7 Å². The summed E-state index contributed by atoms with van der Waals surface area (Å²) in [5.74, 6) is 1.26. The van der Waals surface area contributed by atoms with Crippen molar-refractivity contribution in [2.75, 3.05) is 0 Å². The number of benzene rings is 1. The maximum atomic E-state index is 12.5. The van der Waals surface area contributed by atoms with Gasteiger partial charge in [0.15, 0.2) is 0 Å². The van der Waals surface area contributed by atoms with Gasteiger partial charge in [-0.15, -0.1) is 0 Å². The van der Waals surface area contributed by atoms with Crippen molar-refractivity contribution in [2.24, 2.45) is 0 Å². The van der Waals surface area contributed by atoms with E-state index < -0.39 is 15.8 Å². The van der Waals surface area contributed by atoms with Crippen LogP contribution in [0.4, 0.5) is 0 Å². The van der Waals surface area contributed by atoms with Crippen molar-refractivity contribution in [3.63, 3.8) is 0 Å². The van der Waals surface area contributed by atoms with Crippen molar-refractivity contribution < 1.29 is 18.3 Å². The van der Waals surface area contributed by atoms with Crippen LogP contribution in [0.1, 0.15) is 58.6 Å². The molecule has 0 heterocycles. The van der Waals surface area contributed by atoms with Gasteiger partial charge in [0.05, 0.1) is 4.90 Å². The predicted octanol–water partition coefficient (Wildman–Crippen LogP) is 3.80. The Morgan fingerprint density at radius 3 is 2.24 bits per heavy atom. The molecule has 1 aromatic rings. The number of aliphatic carboxylic acids is 1. The summed E-state index contributed by atoms with van der Waals surface area (Å²) in [6.07, 6.45) is 2.93. The topological polar surface area (TPSA) is 71.4 Å². The first kappa shape index (κ1) is 19.3. The number of carboxylic acid groups (broad SMARTS) is 1. The minimum absolute atomic E-state index is 0.0135. The summed E-state index contributed by atoms with van der Waals surface area (Å²) in [5.41, 5.74) is 2.33. The van der Waals surface area contributed by atoms with Gasteiger partial charge in [0.25, 0.3) is 0 Å². The zero-order valence-corrected chi connectivity index (χ0v) is 16.1. The van der Waals surface area contributed by atoms with Crippen molar-refractivity contribution in [3.05, 3.63) is 41.0 Å². The van der Waals surface area contributed by atoms with Gasteiger partial charge >= 0.3 is 5.97 Å². The SMILES string of the molecule is C/C(C#CS(=O)(=O)c1ccc2c(c1)C(C)(C)CCC2(C)C)=C\C(=O)O. The smallest absolute Gasteiger partial charge is 0.329 e. The normalized spacial score (nSPS) is 18.7. The van der Waals surface area contributed by atoms with E-state index in [-0.39, 0.29) is 21.3 Å². The van der Waals surface area contributed by atoms with Crippen LogP contribution in [0.2, 0.25) is 0 Å². The minimum Gasteiger partial charge on any atom is -0.478 e. The fourth-order valence-electron chi connectivity index (χ4n) is 3.16. The summed E-state index contributed by atoms with van der Waals surface area (Å²) in [6, 6.07) is 5.23. The van der Waals surface area contributed by atoms with E-state index in [9.17, 15) is 13.2 Å². The zero-order chi connectivity index (χ0) is 19.0. The number of hydrogen-bond donors (Lipinski definition) is 1. The van der Waals surface area contributed by atoms with E-state index in [1.165, 1.54) is 12.5 Å². The average Bonchev–Trinajstić information content (AvgIpc) is 2.49. The molecule has 0 unspecified atom stereocenters. The van der Waals surface area contributed by atoms with Crippen molar-refractivity contribution in [1.29, 1.82) is 0 Å². The molecule has 0 bridgehead atoms. The molecule has 0 atom stereocenters. The molecule has 0 spiro atoms. The lowest BCUT2D eigenvalue weighted by Crippen LogP contribution is -2.34. The number of fused-ring (bicyclic) bond motifs is 1. The van der Waals surface area contributed by atoms with Crippen LogP contribution in [0.25, 0.3) is 0 Å². The Balaban J connectivity index is 2.52. The molecule has 0 aliphatic heterocycles. The molecule has 134 valence electrons. The molecule has 2 rings (SSSR count). The highest BCUT2D eigenvalue weighted by molar-refractivity contribution is 7.96. The molecular formula is C20H24O4S. The first-order valence-corrected chi connectivity index (χ1v) is 9.67. The molecule has 1 N–H and O–H groups in total. The van der Waals surface area contributed by atoms with Crippen LogP contribution in [-0.4, -0.2) is 19.5 Å². The molecule has 0 fully saturated rings. The van der Waals surface area contributed by atoms with Crippen LogP contribution in [0.15, 0.2) is 34.7 Å². The largest absolute Gasteiger partial charge is 0.478 e. The van der Waals surface area contributed by atoms with E-state index in [0.717, 1.165) is 24.5 Å². The number of carboxylic acids is 1. The maximum Gasteiger partial charge on any atom is 0.329 e. The van der Waals surface area contributed by atoms with E-state index >= 15 is 0 Å². The second-order valence-electron chi connectivity index (χ2n) is 7.87. The van der Waals surface area contributed by atoms with Crippen LogP contribution < -0.4 is 0 Å². The number of allylic oxidation sites excluding steroid dienone is 1. The first-order chi connectivity index (χ1) is 11.3. The van der Waals surface area contributed by atoms with Crippen molar-refractivity contribution in [3.8, 4) is 11.2 Å². The van der Waals surface area contributed by atoms with Gasteiger partial charge in [-0.25, -0.2) is 13.2 Å². The van der Waals surface area contributed by atoms with Crippen LogP contribution in [-0.2, 0) is 25.5 Å². The third-order valence-electron chi connectivity index (χ3n) is 4.86. The lowest BCUT2D eigenvalue weighted by atomic mass is 9.63. The Bertz CT molecular complexity index is 907. The molecule has 0 saturated heterocycles. The number of hydrogen-bond acceptors (Lipinski definition) is 3. The highest BCUT2D eigenvalue weighted by Crippen LogP contribution is 2.46. The van der Waals surface area contributed by atoms with Crippen LogP contribution in [0, 0.1) is 11.2 Å². The van der Waals surface area contributed by atoms with E-state index in [4.69, 9.17) is 5.11 Å². The summed E-state index contributed by atoms with van der Waals surface area (Å²) in [4.78, 5) is 10.8. The Morgan fingerprint density at radius 1 is 1.12 bits per heavy atom. The molecule has 4 nitrogen and oxygen atoms in total. The lowest BCUT2D eigenvalue weighted by molar-refractivity contribution is -0.131. The van der Waals surface area contributed by atoms with Gasteiger partial charge in [-0.3, -0.25) is 0 Å². The van der Waals surface area contributed by atoms with Crippen LogP contribution in [0.5, 0.6) is 0 Å². The third kappa shape index (κ3) is 4.13. The third-order valence-corrected chi connectivity index (χ3v) is 6.10. The summed E-state index contributed by atoms with van der Waals surface area (Å²) >= 11 is 0. The van der Waals surface area contributed by atoms with E-state index in [0.29, 0.717) is 0 Å². The van der Waals surface area contributed by atoms with E-state index in [1.807, 2.05) is 6.07 Å². The number of rotatable bonds is 2.